The van der Waals surface area contributed by atoms with Crippen LogP contribution in [0.1, 0.15) is 20.8 Å². The Morgan fingerprint density at radius 3 is 2.24 bits per heavy atom. The van der Waals surface area contributed by atoms with Gasteiger partial charge in [-0.2, -0.15) is 0 Å². The zero-order valence-electron chi connectivity index (χ0n) is 17.0. The van der Waals surface area contributed by atoms with E-state index in [1.54, 1.807) is 36.4 Å². The number of carbonyl (C=O) groups excluding carboxylic acids is 1. The number of amides is 1. The van der Waals surface area contributed by atoms with Crippen molar-refractivity contribution in [1.29, 1.82) is 0 Å². The molecule has 1 atom stereocenters. The topological polar surface area (TPSA) is 84.9 Å². The summed E-state index contributed by atoms with van der Waals surface area (Å²) in [6, 6.07) is 10.4. The summed E-state index contributed by atoms with van der Waals surface area (Å²) in [5, 5.41) is 3.04. The van der Waals surface area contributed by atoms with Gasteiger partial charge in [0.25, 0.3) is 0 Å². The van der Waals surface area contributed by atoms with E-state index in [4.69, 9.17) is 21.1 Å². The third-order valence-electron chi connectivity index (χ3n) is 3.96. The van der Waals surface area contributed by atoms with Crippen molar-refractivity contribution < 1.29 is 22.7 Å². The van der Waals surface area contributed by atoms with E-state index in [0.717, 1.165) is 10.6 Å². The van der Waals surface area contributed by atoms with Crippen LogP contribution in [0.3, 0.4) is 0 Å². The Morgan fingerprint density at radius 1 is 1.10 bits per heavy atom. The highest BCUT2D eigenvalue weighted by atomic mass is 35.5. The van der Waals surface area contributed by atoms with Crippen molar-refractivity contribution in [2.45, 2.75) is 32.9 Å². The zero-order chi connectivity index (χ0) is 21.8. The number of hydrogen-bond donors (Lipinski definition) is 1. The van der Waals surface area contributed by atoms with Crippen LogP contribution in [0.15, 0.2) is 42.5 Å². The number of nitrogens with zero attached hydrogens (tertiary/aromatic N) is 1. The van der Waals surface area contributed by atoms with Gasteiger partial charge in [0.05, 0.1) is 25.2 Å². The molecule has 0 saturated carbocycles. The van der Waals surface area contributed by atoms with Crippen molar-refractivity contribution in [1.82, 2.24) is 0 Å². The van der Waals surface area contributed by atoms with Gasteiger partial charge in [-0.3, -0.25) is 9.10 Å². The number of anilines is 2. The van der Waals surface area contributed by atoms with Gasteiger partial charge >= 0.3 is 0 Å². The number of carbonyl (C=O) groups is 1. The number of ether oxygens (including phenoxy) is 2. The predicted octanol–water partition coefficient (Wildman–Crippen LogP) is 3.93. The van der Waals surface area contributed by atoms with Gasteiger partial charge in [0.2, 0.25) is 15.9 Å². The van der Waals surface area contributed by atoms with Crippen LogP contribution in [-0.4, -0.2) is 39.8 Å². The third kappa shape index (κ3) is 6.01. The van der Waals surface area contributed by atoms with Gasteiger partial charge in [0, 0.05) is 10.7 Å². The molecule has 2 aromatic carbocycles. The molecule has 0 aliphatic carbocycles. The van der Waals surface area contributed by atoms with Crippen LogP contribution in [0, 0.1) is 0 Å². The van der Waals surface area contributed by atoms with E-state index >= 15 is 0 Å². The fraction of sp³-hybridized carbons (Fsp3) is 0.350. The van der Waals surface area contributed by atoms with E-state index < -0.39 is 22.0 Å². The number of rotatable bonds is 8. The number of halogens is 1. The number of hydrogen-bond acceptors (Lipinski definition) is 5. The second-order valence-corrected chi connectivity index (χ2v) is 9.03. The second kappa shape index (κ2) is 9.37. The fourth-order valence-electron chi connectivity index (χ4n) is 2.75. The van der Waals surface area contributed by atoms with Gasteiger partial charge in [-0.05, 0) is 63.2 Å². The van der Waals surface area contributed by atoms with E-state index in [1.807, 2.05) is 13.8 Å². The lowest BCUT2D eigenvalue weighted by molar-refractivity contribution is -0.116. The molecular formula is C20H25ClN2O5S. The maximum Gasteiger partial charge on any atom is 0.247 e. The molecule has 0 heterocycles. The van der Waals surface area contributed by atoms with Crippen LogP contribution in [0.5, 0.6) is 11.5 Å². The van der Waals surface area contributed by atoms with E-state index in [0.29, 0.717) is 16.5 Å². The number of nitrogens with one attached hydrogen (secondary N) is 1. The van der Waals surface area contributed by atoms with Crippen LogP contribution in [0.25, 0.3) is 0 Å². The molecule has 9 heteroatoms. The van der Waals surface area contributed by atoms with E-state index in [-0.39, 0.29) is 17.5 Å². The van der Waals surface area contributed by atoms with Crippen LogP contribution >= 0.6 is 11.6 Å². The quantitative estimate of drug-likeness (QED) is 0.672. The summed E-state index contributed by atoms with van der Waals surface area (Å²) in [6.45, 7) is 5.33. The smallest absolute Gasteiger partial charge is 0.247 e. The number of benzene rings is 2. The summed E-state index contributed by atoms with van der Waals surface area (Å²) in [4.78, 5) is 12.8. The minimum Gasteiger partial charge on any atom is -0.495 e. The minimum atomic E-state index is -3.81. The van der Waals surface area contributed by atoms with Gasteiger partial charge in [-0.15, -0.1) is 0 Å². The summed E-state index contributed by atoms with van der Waals surface area (Å²) in [5.41, 5.74) is 0.704. The molecule has 2 aromatic rings. The zero-order valence-corrected chi connectivity index (χ0v) is 18.5. The highest BCUT2D eigenvalue weighted by Crippen LogP contribution is 2.34. The van der Waals surface area contributed by atoms with Gasteiger partial charge in [-0.1, -0.05) is 11.6 Å². The Bertz CT molecular complexity index is 961. The third-order valence-corrected chi connectivity index (χ3v) is 5.42. The highest BCUT2D eigenvalue weighted by molar-refractivity contribution is 7.92. The van der Waals surface area contributed by atoms with Crippen LogP contribution < -0.4 is 19.1 Å². The monoisotopic (exact) mass is 440 g/mol. The molecule has 7 nitrogen and oxygen atoms in total. The van der Waals surface area contributed by atoms with Gasteiger partial charge < -0.3 is 14.8 Å². The first kappa shape index (κ1) is 22.8. The number of sulfonamides is 1. The second-order valence-electron chi connectivity index (χ2n) is 6.73. The Hall–Kier alpha value is -2.45. The van der Waals surface area contributed by atoms with Crippen molar-refractivity contribution in [3.8, 4) is 11.5 Å². The largest absolute Gasteiger partial charge is 0.495 e. The highest BCUT2D eigenvalue weighted by Gasteiger charge is 2.31. The summed E-state index contributed by atoms with van der Waals surface area (Å²) in [7, 11) is -2.39. The SMILES string of the molecule is COc1ccc(Cl)cc1N([C@@H](C)C(=O)Nc1ccc(OC(C)C)cc1)S(C)(=O)=O. The first-order chi connectivity index (χ1) is 13.5. The molecule has 0 unspecified atom stereocenters. The number of methoxy groups -OCH3 is 1. The molecule has 0 radical (unpaired) electrons. The normalized spacial score (nSPS) is 12.4. The summed E-state index contributed by atoms with van der Waals surface area (Å²) >= 11 is 6.04. The molecule has 158 valence electrons. The molecule has 0 saturated heterocycles. The molecule has 0 spiro atoms. The van der Waals surface area contributed by atoms with Crippen molar-refractivity contribution in [2.24, 2.45) is 0 Å². The van der Waals surface area contributed by atoms with Gasteiger partial charge in [0.15, 0.2) is 0 Å². The summed E-state index contributed by atoms with van der Waals surface area (Å²) in [6.07, 6.45) is 1.06. The lowest BCUT2D eigenvalue weighted by Gasteiger charge is -2.29. The van der Waals surface area contributed by atoms with Crippen LogP contribution in [0.2, 0.25) is 5.02 Å². The van der Waals surface area contributed by atoms with E-state index in [2.05, 4.69) is 5.32 Å². The average Bonchev–Trinajstić information content (AvgIpc) is 2.62. The molecule has 0 aromatic heterocycles. The molecule has 0 aliphatic rings. The summed E-state index contributed by atoms with van der Waals surface area (Å²) in [5.74, 6) is 0.456. The lowest BCUT2D eigenvalue weighted by atomic mass is 10.2. The molecule has 0 aliphatic heterocycles. The van der Waals surface area contributed by atoms with Crippen molar-refractivity contribution in [2.75, 3.05) is 23.0 Å². The van der Waals surface area contributed by atoms with Crippen molar-refractivity contribution >= 4 is 38.9 Å². The standard InChI is InChI=1S/C20H25ClN2O5S/c1-13(2)28-17-9-7-16(8-10-17)22-20(24)14(3)23(29(5,25)26)18-12-15(21)6-11-19(18)27-4/h6-14H,1-5H3,(H,22,24)/t14-/m0/s1. The van der Waals surface area contributed by atoms with Crippen molar-refractivity contribution in [3.63, 3.8) is 0 Å². The molecule has 1 N–H and O–H groups in total. The van der Waals surface area contributed by atoms with Gasteiger partial charge in [-0.25, -0.2) is 8.42 Å². The Labute approximate surface area is 176 Å². The first-order valence-corrected chi connectivity index (χ1v) is 11.2. The lowest BCUT2D eigenvalue weighted by Crippen LogP contribution is -2.45. The molecule has 29 heavy (non-hydrogen) atoms. The summed E-state index contributed by atoms with van der Waals surface area (Å²) < 4.78 is 36.8. The molecule has 0 fully saturated rings. The van der Waals surface area contributed by atoms with Crippen molar-refractivity contribution in [3.05, 3.63) is 47.5 Å². The Kier molecular flexibility index (Phi) is 7.37. The molecular weight excluding hydrogens is 416 g/mol. The van der Waals surface area contributed by atoms with Crippen LogP contribution in [0.4, 0.5) is 11.4 Å². The molecule has 2 rings (SSSR count). The van der Waals surface area contributed by atoms with E-state index in [1.165, 1.54) is 20.1 Å². The maximum atomic E-state index is 12.8. The minimum absolute atomic E-state index is 0.0338. The van der Waals surface area contributed by atoms with E-state index in [9.17, 15) is 13.2 Å². The fourth-order valence-corrected chi connectivity index (χ4v) is 4.09. The molecule has 1 amide bonds. The Balaban J connectivity index is 2.29. The molecule has 0 bridgehead atoms. The average molecular weight is 441 g/mol. The first-order valence-electron chi connectivity index (χ1n) is 8.93. The van der Waals surface area contributed by atoms with Gasteiger partial charge in [0.1, 0.15) is 17.5 Å². The maximum absolute atomic E-state index is 12.8. The van der Waals surface area contributed by atoms with Crippen LogP contribution in [-0.2, 0) is 14.8 Å². The predicted molar refractivity (Wildman–Crippen MR) is 116 cm³/mol. The Morgan fingerprint density at radius 2 is 1.72 bits per heavy atom.